The number of hydrogen-bond donors (Lipinski definition) is 2. The van der Waals surface area contributed by atoms with Crippen molar-refractivity contribution in [3.8, 4) is 5.75 Å². The van der Waals surface area contributed by atoms with Crippen LogP contribution in [0.4, 0.5) is 13.2 Å². The number of amides is 1. The van der Waals surface area contributed by atoms with Crippen molar-refractivity contribution in [2.45, 2.75) is 50.7 Å². The number of carbonyl (C=O) groups is 2. The van der Waals surface area contributed by atoms with Crippen LogP contribution in [0.15, 0.2) is 24.3 Å². The lowest BCUT2D eigenvalue weighted by atomic mass is 9.68. The Balaban J connectivity index is 1.85. The van der Waals surface area contributed by atoms with Gasteiger partial charge in [0.2, 0.25) is 5.91 Å². The summed E-state index contributed by atoms with van der Waals surface area (Å²) in [5, 5.41) is 11.4. The molecule has 0 heterocycles. The van der Waals surface area contributed by atoms with Crippen LogP contribution in [-0.4, -0.2) is 36.3 Å². The zero-order valence-corrected chi connectivity index (χ0v) is 15.6. The number of fused-ring (bicyclic) bond motifs is 2. The second-order valence-electron chi connectivity index (χ2n) is 7.95. The molecule has 1 aromatic carbocycles. The number of ether oxygens (including phenoxy) is 1. The van der Waals surface area contributed by atoms with Crippen LogP contribution >= 0.6 is 0 Å². The van der Waals surface area contributed by atoms with Crippen LogP contribution in [-0.2, 0) is 16.0 Å². The molecule has 0 spiro atoms. The normalized spacial score (nSPS) is 27.4. The Morgan fingerprint density at radius 2 is 2.11 bits per heavy atom. The molecule has 0 aliphatic heterocycles. The van der Waals surface area contributed by atoms with E-state index in [1.165, 1.54) is 7.11 Å². The molecule has 0 saturated heterocycles. The standard InChI is InChI=1S/C20H24F3NO4/c1-28-15-4-2-3-12(8-15)9-19(10-13-5-6-14(19)7-13)18(27)24-16(17(25)26)11-20(21,22)23/h2-4,8,13-14,16H,5-7,9-11H2,1H3,(H,24,27)(H,25,26). The Hall–Kier alpha value is -2.25. The van der Waals surface area contributed by atoms with Gasteiger partial charge in [-0.2, -0.15) is 13.2 Å². The molecule has 2 N–H and O–H groups in total. The SMILES string of the molecule is COc1cccc(CC2(C(=O)NC(CC(F)(F)F)C(=O)O)CC3CCC2C3)c1. The van der Waals surface area contributed by atoms with E-state index in [4.69, 9.17) is 4.74 Å². The van der Waals surface area contributed by atoms with E-state index < -0.39 is 35.9 Å². The first-order valence-corrected chi connectivity index (χ1v) is 9.36. The minimum absolute atomic E-state index is 0.0454. The fraction of sp³-hybridized carbons (Fsp3) is 0.600. The molecule has 1 amide bonds. The van der Waals surface area contributed by atoms with Crippen molar-refractivity contribution in [3.05, 3.63) is 29.8 Å². The number of carboxylic acids is 1. The van der Waals surface area contributed by atoms with Gasteiger partial charge in [0.05, 0.1) is 18.9 Å². The molecule has 3 rings (SSSR count). The third kappa shape index (κ3) is 4.25. The van der Waals surface area contributed by atoms with Gasteiger partial charge in [-0.1, -0.05) is 18.6 Å². The lowest BCUT2D eigenvalue weighted by molar-refractivity contribution is -0.161. The highest BCUT2D eigenvalue weighted by atomic mass is 19.4. The summed E-state index contributed by atoms with van der Waals surface area (Å²) in [6, 6.07) is 5.27. The van der Waals surface area contributed by atoms with Gasteiger partial charge in [-0.25, -0.2) is 4.79 Å². The molecule has 0 aromatic heterocycles. The van der Waals surface area contributed by atoms with Crippen molar-refractivity contribution in [3.63, 3.8) is 0 Å². The van der Waals surface area contributed by atoms with E-state index in [1.807, 2.05) is 12.1 Å². The summed E-state index contributed by atoms with van der Waals surface area (Å²) in [5.74, 6) is -1.22. The Morgan fingerprint density at radius 1 is 1.36 bits per heavy atom. The van der Waals surface area contributed by atoms with Crippen LogP contribution in [0.3, 0.4) is 0 Å². The van der Waals surface area contributed by atoms with E-state index in [0.717, 1.165) is 24.8 Å². The van der Waals surface area contributed by atoms with Crippen molar-refractivity contribution >= 4 is 11.9 Å². The summed E-state index contributed by atoms with van der Waals surface area (Å²) in [6.07, 6.45) is -2.65. The Kier molecular flexibility index (Phi) is 5.59. The van der Waals surface area contributed by atoms with E-state index in [9.17, 15) is 27.9 Å². The number of methoxy groups -OCH3 is 1. The van der Waals surface area contributed by atoms with Gasteiger partial charge in [0, 0.05) is 0 Å². The number of benzene rings is 1. The minimum Gasteiger partial charge on any atom is -0.497 e. The number of carboxylic acid groups (broad SMARTS) is 1. The highest BCUT2D eigenvalue weighted by Crippen LogP contribution is 2.57. The summed E-state index contributed by atoms with van der Waals surface area (Å²) in [6.45, 7) is 0. The summed E-state index contributed by atoms with van der Waals surface area (Å²) in [4.78, 5) is 24.4. The maximum Gasteiger partial charge on any atom is 0.391 e. The summed E-state index contributed by atoms with van der Waals surface area (Å²) in [5.41, 5.74) is -0.0288. The van der Waals surface area contributed by atoms with Gasteiger partial charge in [-0.3, -0.25) is 4.79 Å². The van der Waals surface area contributed by atoms with Gasteiger partial charge < -0.3 is 15.2 Å². The van der Waals surface area contributed by atoms with Crippen molar-refractivity contribution in [1.29, 1.82) is 0 Å². The van der Waals surface area contributed by atoms with E-state index in [-0.39, 0.29) is 5.92 Å². The van der Waals surface area contributed by atoms with Gasteiger partial charge in [0.1, 0.15) is 11.8 Å². The largest absolute Gasteiger partial charge is 0.497 e. The molecule has 5 nitrogen and oxygen atoms in total. The lowest BCUT2D eigenvalue weighted by Crippen LogP contribution is -2.52. The third-order valence-corrected chi connectivity index (χ3v) is 6.12. The molecule has 8 heteroatoms. The number of halogens is 3. The Morgan fingerprint density at radius 3 is 2.64 bits per heavy atom. The average molecular weight is 399 g/mol. The number of alkyl halides is 3. The molecular weight excluding hydrogens is 375 g/mol. The van der Waals surface area contributed by atoms with E-state index >= 15 is 0 Å². The van der Waals surface area contributed by atoms with Gasteiger partial charge in [0.25, 0.3) is 0 Å². The molecule has 4 atom stereocenters. The maximum absolute atomic E-state index is 13.1. The Bertz CT molecular complexity index is 751. The topological polar surface area (TPSA) is 75.6 Å². The summed E-state index contributed by atoms with van der Waals surface area (Å²) in [7, 11) is 1.54. The Labute approximate surface area is 161 Å². The molecule has 2 aliphatic rings. The molecule has 1 aromatic rings. The first kappa shape index (κ1) is 20.5. The lowest BCUT2D eigenvalue weighted by Gasteiger charge is -2.37. The average Bonchev–Trinajstić information content (AvgIpc) is 3.21. The predicted molar refractivity (Wildman–Crippen MR) is 94.8 cm³/mol. The minimum atomic E-state index is -4.68. The first-order valence-electron chi connectivity index (χ1n) is 9.36. The fourth-order valence-corrected chi connectivity index (χ4v) is 4.90. The van der Waals surface area contributed by atoms with Crippen molar-refractivity contribution < 1.29 is 32.6 Å². The van der Waals surface area contributed by atoms with Crippen LogP contribution in [0, 0.1) is 17.3 Å². The zero-order valence-electron chi connectivity index (χ0n) is 15.6. The van der Waals surface area contributed by atoms with Crippen molar-refractivity contribution in [2.75, 3.05) is 7.11 Å². The van der Waals surface area contributed by atoms with Gasteiger partial charge in [0.15, 0.2) is 0 Å². The zero-order chi connectivity index (χ0) is 20.5. The van der Waals surface area contributed by atoms with Gasteiger partial charge in [-0.15, -0.1) is 0 Å². The second kappa shape index (κ2) is 7.64. The van der Waals surface area contributed by atoms with Crippen molar-refractivity contribution in [2.24, 2.45) is 17.3 Å². The highest BCUT2D eigenvalue weighted by molar-refractivity contribution is 5.88. The van der Waals surface area contributed by atoms with E-state index in [1.54, 1.807) is 12.1 Å². The quantitative estimate of drug-likeness (QED) is 0.735. The molecule has 0 radical (unpaired) electrons. The smallest absolute Gasteiger partial charge is 0.391 e. The van der Waals surface area contributed by atoms with Gasteiger partial charge >= 0.3 is 12.1 Å². The molecule has 2 fully saturated rings. The third-order valence-electron chi connectivity index (χ3n) is 6.12. The maximum atomic E-state index is 13.1. The molecule has 2 bridgehead atoms. The highest BCUT2D eigenvalue weighted by Gasteiger charge is 2.56. The number of aliphatic carboxylic acids is 1. The molecule has 28 heavy (non-hydrogen) atoms. The van der Waals surface area contributed by atoms with Crippen LogP contribution in [0.1, 0.15) is 37.7 Å². The van der Waals surface area contributed by atoms with Gasteiger partial charge in [-0.05, 0) is 55.2 Å². The number of nitrogens with one attached hydrogen (secondary N) is 1. The van der Waals surface area contributed by atoms with Crippen molar-refractivity contribution in [1.82, 2.24) is 5.32 Å². The summed E-state index contributed by atoms with van der Waals surface area (Å²) < 4.78 is 43.4. The van der Waals surface area contributed by atoms with Crippen LogP contribution in [0.2, 0.25) is 0 Å². The molecule has 4 unspecified atom stereocenters. The van der Waals surface area contributed by atoms with E-state index in [2.05, 4.69) is 5.32 Å². The predicted octanol–water partition coefficient (Wildman–Crippen LogP) is 3.57. The number of carbonyl (C=O) groups excluding carboxylic acids is 1. The monoisotopic (exact) mass is 399 g/mol. The molecule has 2 saturated carbocycles. The summed E-state index contributed by atoms with van der Waals surface area (Å²) >= 11 is 0. The van der Waals surface area contributed by atoms with Crippen LogP contribution in [0.25, 0.3) is 0 Å². The molecule has 2 aliphatic carbocycles. The molecule has 154 valence electrons. The second-order valence-corrected chi connectivity index (χ2v) is 7.95. The molecular formula is C20H24F3NO4. The first-order chi connectivity index (χ1) is 13.1. The van der Waals surface area contributed by atoms with E-state index in [0.29, 0.717) is 24.5 Å². The van der Waals surface area contributed by atoms with Crippen LogP contribution < -0.4 is 10.1 Å². The number of rotatable bonds is 7. The fourth-order valence-electron chi connectivity index (χ4n) is 4.90. The number of hydrogen-bond acceptors (Lipinski definition) is 3. The van der Waals surface area contributed by atoms with Crippen LogP contribution in [0.5, 0.6) is 5.75 Å².